The fourth-order valence-electron chi connectivity index (χ4n) is 6.93. The van der Waals surface area contributed by atoms with Gasteiger partial charge in [0.25, 0.3) is 0 Å². The molecule has 5 heterocycles. The molecular weight excluding hydrogens is 779 g/mol. The largest absolute Gasteiger partial charge is 0.455 e. The van der Waals surface area contributed by atoms with Gasteiger partial charge in [0.05, 0.1) is 5.52 Å². The summed E-state index contributed by atoms with van der Waals surface area (Å²) in [6, 6.07) is 48.3. The van der Waals surface area contributed by atoms with E-state index in [-0.39, 0.29) is 25.5 Å². The second kappa shape index (κ2) is 12.0. The van der Waals surface area contributed by atoms with E-state index in [1.165, 1.54) is 32.8 Å². The summed E-state index contributed by atoms with van der Waals surface area (Å²) in [4.78, 5) is 8.80. The summed E-state index contributed by atoms with van der Waals surface area (Å²) in [5, 5.41) is 7.19. The second-order valence-corrected chi connectivity index (χ2v) is 13.3. The summed E-state index contributed by atoms with van der Waals surface area (Å²) in [7, 11) is 0. The van der Waals surface area contributed by atoms with Crippen molar-refractivity contribution >= 4 is 60.0 Å². The third-order valence-corrected chi connectivity index (χ3v) is 9.29. The predicted molar refractivity (Wildman–Crippen MR) is 198 cm³/mol. The van der Waals surface area contributed by atoms with Gasteiger partial charge in [0, 0.05) is 64.9 Å². The first-order chi connectivity index (χ1) is 23.5. The van der Waals surface area contributed by atoms with Crippen molar-refractivity contribution in [3.63, 3.8) is 0 Å². The summed E-state index contributed by atoms with van der Waals surface area (Å²) in [6.07, 6.45) is 3.62. The minimum atomic E-state index is 0. The summed E-state index contributed by atoms with van der Waals surface area (Å²) < 4.78 is 8.95. The van der Waals surface area contributed by atoms with Gasteiger partial charge in [-0.1, -0.05) is 74.7 Å². The molecule has 5 aromatic carbocycles. The zero-order valence-corrected chi connectivity index (χ0v) is 29.7. The van der Waals surface area contributed by atoms with Crippen LogP contribution in [0.5, 0.6) is 0 Å². The van der Waals surface area contributed by atoms with Crippen molar-refractivity contribution in [2.45, 2.75) is 26.2 Å². The molecule has 0 amide bonds. The molecule has 0 N–H and O–H groups in total. The Hall–Kier alpha value is -5.35. The van der Waals surface area contributed by atoms with Crippen molar-refractivity contribution < 1.29 is 24.5 Å². The molecule has 0 aliphatic rings. The van der Waals surface area contributed by atoms with Gasteiger partial charge in [0.1, 0.15) is 11.2 Å². The molecule has 10 aromatic rings. The molecule has 0 aliphatic carbocycles. The molecule has 0 spiro atoms. The second-order valence-electron chi connectivity index (χ2n) is 13.3. The van der Waals surface area contributed by atoms with Crippen LogP contribution in [0.25, 0.3) is 82.5 Å². The number of pyridine rings is 2. The van der Waals surface area contributed by atoms with E-state index in [9.17, 15) is 0 Å². The van der Waals surface area contributed by atoms with Crippen LogP contribution in [0.1, 0.15) is 26.3 Å². The van der Waals surface area contributed by atoms with E-state index in [4.69, 9.17) is 4.42 Å². The molecule has 1 radical (unpaired) electrons. The van der Waals surface area contributed by atoms with Crippen LogP contribution in [0.2, 0.25) is 0 Å². The van der Waals surface area contributed by atoms with Crippen LogP contribution < -0.4 is 0 Å². The van der Waals surface area contributed by atoms with Gasteiger partial charge in [0.2, 0.25) is 0 Å². The van der Waals surface area contributed by atoms with Gasteiger partial charge in [-0.25, -0.2) is 0 Å². The maximum Gasteiger partial charge on any atom is 0.143 e. The van der Waals surface area contributed by atoms with E-state index in [0.29, 0.717) is 0 Å². The van der Waals surface area contributed by atoms with Gasteiger partial charge < -0.3 is 18.8 Å². The van der Waals surface area contributed by atoms with Gasteiger partial charge in [-0.2, -0.15) is 0 Å². The first-order valence-corrected chi connectivity index (χ1v) is 16.2. The van der Waals surface area contributed by atoms with Gasteiger partial charge in [-0.05, 0) is 64.3 Å². The molecular formula is C44H31IrN3O-2. The SMILES string of the molecule is CC(C)(C)c1ccc2c(c1)c1cc3c4ccccc4oc3c3c4cc(-c5ccccn5)[c-]cc4n2c13.[Ir].[c-]1ccccc1-c1ccccn1. The number of nitrogens with zero attached hydrogens (tertiary/aromatic N) is 3. The molecule has 0 unspecified atom stereocenters. The predicted octanol–water partition coefficient (Wildman–Crippen LogP) is 11.4. The van der Waals surface area contributed by atoms with Crippen LogP contribution in [-0.2, 0) is 25.5 Å². The van der Waals surface area contributed by atoms with Gasteiger partial charge >= 0.3 is 0 Å². The molecule has 239 valence electrons. The molecule has 4 nitrogen and oxygen atoms in total. The smallest absolute Gasteiger partial charge is 0.143 e. The van der Waals surface area contributed by atoms with Gasteiger partial charge in [-0.15, -0.1) is 59.7 Å². The third-order valence-electron chi connectivity index (χ3n) is 9.29. The number of hydrogen-bond acceptors (Lipinski definition) is 3. The number of hydrogen-bond donors (Lipinski definition) is 0. The van der Waals surface area contributed by atoms with E-state index in [1.54, 1.807) is 6.20 Å². The quantitative estimate of drug-likeness (QED) is 0.163. The van der Waals surface area contributed by atoms with Crippen LogP contribution in [0.3, 0.4) is 0 Å². The number of rotatable bonds is 2. The molecule has 0 bridgehead atoms. The molecule has 0 aliphatic heterocycles. The Morgan fingerprint density at radius 3 is 2.06 bits per heavy atom. The Bertz CT molecular complexity index is 2710. The fourth-order valence-corrected chi connectivity index (χ4v) is 6.93. The first-order valence-electron chi connectivity index (χ1n) is 16.2. The number of furan rings is 1. The summed E-state index contributed by atoms with van der Waals surface area (Å²) >= 11 is 0. The zero-order chi connectivity index (χ0) is 32.4. The van der Waals surface area contributed by atoms with Crippen LogP contribution in [-0.4, -0.2) is 14.4 Å². The molecule has 5 heteroatoms. The summed E-state index contributed by atoms with van der Waals surface area (Å²) in [5.74, 6) is 0. The minimum absolute atomic E-state index is 0. The number of benzene rings is 5. The van der Waals surface area contributed by atoms with Crippen molar-refractivity contribution in [1.82, 2.24) is 14.4 Å². The molecule has 5 aromatic heterocycles. The first kappa shape index (κ1) is 30.9. The molecule has 10 rings (SSSR count). The summed E-state index contributed by atoms with van der Waals surface area (Å²) in [6.45, 7) is 6.82. The topological polar surface area (TPSA) is 43.3 Å². The van der Waals surface area contributed by atoms with E-state index in [2.05, 4.69) is 102 Å². The fraction of sp³-hybridized carbons (Fsp3) is 0.0909. The Morgan fingerprint density at radius 2 is 1.35 bits per heavy atom. The maximum absolute atomic E-state index is 6.55. The Labute approximate surface area is 297 Å². The minimum Gasteiger partial charge on any atom is -0.455 e. The number of para-hydroxylation sites is 1. The molecule has 0 saturated carbocycles. The van der Waals surface area contributed by atoms with E-state index >= 15 is 0 Å². The maximum atomic E-state index is 6.55. The van der Waals surface area contributed by atoms with Gasteiger partial charge in [-0.3, -0.25) is 0 Å². The van der Waals surface area contributed by atoms with Crippen LogP contribution in [0, 0.1) is 12.1 Å². The van der Waals surface area contributed by atoms with E-state index in [0.717, 1.165) is 55.4 Å². The Kier molecular flexibility index (Phi) is 7.55. The molecule has 0 fully saturated rings. The van der Waals surface area contributed by atoms with Crippen LogP contribution >= 0.6 is 0 Å². The molecule has 49 heavy (non-hydrogen) atoms. The Balaban J connectivity index is 0.000000228. The zero-order valence-electron chi connectivity index (χ0n) is 27.3. The molecule has 0 saturated heterocycles. The standard InChI is InChI=1S/C33H23N2O.C11H8N.Ir/c1-33(2,3)20-12-14-27-22(17-20)23-18-24-21-8-4-5-10-29(21)36-32(24)30-25-16-19(26-9-6-7-15-34-26)11-13-28(25)35(27)31(23)30;1-2-6-10(7-3-1)11-8-4-5-9-12-11;/h4-10,12-18H,1-3H3;1-6,8-9H;/q2*-1;. The van der Waals surface area contributed by atoms with Gasteiger partial charge in [0.15, 0.2) is 0 Å². The monoisotopic (exact) mass is 810 g/mol. The Morgan fingerprint density at radius 1 is 0.612 bits per heavy atom. The number of aromatic nitrogens is 3. The molecule has 0 atom stereocenters. The van der Waals surface area contributed by atoms with Crippen molar-refractivity contribution in [1.29, 1.82) is 0 Å². The van der Waals surface area contributed by atoms with Crippen LogP contribution in [0.4, 0.5) is 0 Å². The van der Waals surface area contributed by atoms with E-state index in [1.807, 2.05) is 72.9 Å². The third kappa shape index (κ3) is 5.09. The summed E-state index contributed by atoms with van der Waals surface area (Å²) in [5.41, 5.74) is 10.8. The van der Waals surface area contributed by atoms with E-state index < -0.39 is 0 Å². The average Bonchev–Trinajstić information content (AvgIpc) is 3.78. The van der Waals surface area contributed by atoms with Crippen molar-refractivity contribution in [2.75, 3.05) is 0 Å². The average molecular weight is 810 g/mol. The normalized spacial score (nSPS) is 11.8. The van der Waals surface area contributed by atoms with Crippen LogP contribution in [0.15, 0.2) is 138 Å². The van der Waals surface area contributed by atoms with Crippen molar-refractivity contribution in [3.05, 3.63) is 151 Å². The number of fused-ring (bicyclic) bond motifs is 10. The van der Waals surface area contributed by atoms with Crippen molar-refractivity contribution in [3.8, 4) is 22.5 Å². The van der Waals surface area contributed by atoms with Crippen molar-refractivity contribution in [2.24, 2.45) is 0 Å².